The average molecular weight is 280 g/mol. The van der Waals surface area contributed by atoms with Crippen LogP contribution in [0.5, 0.6) is 0 Å². The lowest BCUT2D eigenvalue weighted by Crippen LogP contribution is -2.07. The number of rotatable bonds is 5. The number of aryl methyl sites for hydroxylation is 2. The van der Waals surface area contributed by atoms with E-state index in [-0.39, 0.29) is 5.97 Å². The van der Waals surface area contributed by atoms with Gasteiger partial charge in [0.25, 0.3) is 0 Å². The molecule has 2 aromatic heterocycles. The summed E-state index contributed by atoms with van der Waals surface area (Å²) in [6.07, 6.45) is 0. The van der Waals surface area contributed by atoms with E-state index in [1.54, 1.807) is 6.92 Å². The lowest BCUT2D eigenvalue weighted by Gasteiger charge is -1.99. The molecule has 0 bridgehead atoms. The SMILES string of the molecule is CCOC(=O)c1nc(NCc2ccc(C)o2)sc1C. The van der Waals surface area contributed by atoms with Gasteiger partial charge in [-0.1, -0.05) is 0 Å². The summed E-state index contributed by atoms with van der Waals surface area (Å²) in [7, 11) is 0. The van der Waals surface area contributed by atoms with E-state index in [2.05, 4.69) is 10.3 Å². The fourth-order valence-electron chi connectivity index (χ4n) is 1.60. The summed E-state index contributed by atoms with van der Waals surface area (Å²) < 4.78 is 10.4. The third-order valence-corrected chi connectivity index (χ3v) is 3.40. The van der Waals surface area contributed by atoms with E-state index in [0.29, 0.717) is 24.0 Å². The van der Waals surface area contributed by atoms with Crippen LogP contribution in [0.4, 0.5) is 5.13 Å². The first-order chi connectivity index (χ1) is 9.10. The quantitative estimate of drug-likeness (QED) is 0.852. The number of hydrogen-bond donors (Lipinski definition) is 1. The second-order valence-corrected chi connectivity index (χ2v) is 5.21. The minimum absolute atomic E-state index is 0.351. The fraction of sp³-hybridized carbons (Fsp3) is 0.385. The summed E-state index contributed by atoms with van der Waals surface area (Å²) in [5.74, 6) is 1.33. The van der Waals surface area contributed by atoms with Gasteiger partial charge < -0.3 is 14.5 Å². The number of nitrogens with one attached hydrogen (secondary N) is 1. The van der Waals surface area contributed by atoms with E-state index < -0.39 is 0 Å². The second kappa shape index (κ2) is 5.88. The van der Waals surface area contributed by atoms with Gasteiger partial charge in [0, 0.05) is 4.88 Å². The maximum Gasteiger partial charge on any atom is 0.358 e. The molecule has 0 aliphatic rings. The van der Waals surface area contributed by atoms with E-state index in [9.17, 15) is 4.79 Å². The number of carbonyl (C=O) groups excluding carboxylic acids is 1. The van der Waals surface area contributed by atoms with Crippen molar-refractivity contribution in [1.82, 2.24) is 4.98 Å². The molecule has 0 amide bonds. The number of anilines is 1. The molecule has 0 fully saturated rings. The molecule has 0 saturated carbocycles. The highest BCUT2D eigenvalue weighted by molar-refractivity contribution is 7.15. The molecular formula is C13H16N2O3S. The van der Waals surface area contributed by atoms with Crippen molar-refractivity contribution in [3.05, 3.63) is 34.2 Å². The Balaban J connectivity index is 2.01. The topological polar surface area (TPSA) is 64.4 Å². The molecular weight excluding hydrogens is 264 g/mol. The Hall–Kier alpha value is -1.82. The normalized spacial score (nSPS) is 10.5. The largest absolute Gasteiger partial charge is 0.465 e. The van der Waals surface area contributed by atoms with E-state index in [4.69, 9.17) is 9.15 Å². The molecule has 102 valence electrons. The van der Waals surface area contributed by atoms with Crippen LogP contribution in [0.2, 0.25) is 0 Å². The highest BCUT2D eigenvalue weighted by Gasteiger charge is 2.16. The van der Waals surface area contributed by atoms with Gasteiger partial charge >= 0.3 is 5.97 Å². The molecule has 0 radical (unpaired) electrons. The molecule has 0 aliphatic carbocycles. The van der Waals surface area contributed by atoms with Crippen molar-refractivity contribution in [1.29, 1.82) is 0 Å². The molecule has 0 aliphatic heterocycles. The zero-order chi connectivity index (χ0) is 13.8. The van der Waals surface area contributed by atoms with Gasteiger partial charge in [-0.05, 0) is 32.9 Å². The molecule has 6 heteroatoms. The van der Waals surface area contributed by atoms with Crippen LogP contribution in [-0.2, 0) is 11.3 Å². The lowest BCUT2D eigenvalue weighted by molar-refractivity contribution is 0.0519. The Labute approximate surface area is 115 Å². The van der Waals surface area contributed by atoms with Crippen LogP contribution in [0.25, 0.3) is 0 Å². The maximum atomic E-state index is 11.6. The Morgan fingerprint density at radius 2 is 2.26 bits per heavy atom. The first kappa shape index (κ1) is 13.6. The minimum atomic E-state index is -0.377. The summed E-state index contributed by atoms with van der Waals surface area (Å²) in [5.41, 5.74) is 0.380. The van der Waals surface area contributed by atoms with Gasteiger partial charge in [0.15, 0.2) is 10.8 Å². The number of aromatic nitrogens is 1. The monoisotopic (exact) mass is 280 g/mol. The molecule has 19 heavy (non-hydrogen) atoms. The van der Waals surface area contributed by atoms with Crippen molar-refractivity contribution in [3.8, 4) is 0 Å². The number of ether oxygens (including phenoxy) is 1. The van der Waals surface area contributed by atoms with Crippen molar-refractivity contribution in [2.24, 2.45) is 0 Å². The zero-order valence-corrected chi connectivity index (χ0v) is 12.0. The Kier molecular flexibility index (Phi) is 4.21. The molecule has 0 spiro atoms. The van der Waals surface area contributed by atoms with Gasteiger partial charge in [0.05, 0.1) is 13.2 Å². The van der Waals surface area contributed by atoms with Crippen molar-refractivity contribution >= 4 is 22.4 Å². The summed E-state index contributed by atoms with van der Waals surface area (Å²) in [6, 6.07) is 3.82. The van der Waals surface area contributed by atoms with E-state index in [1.165, 1.54) is 11.3 Å². The lowest BCUT2D eigenvalue weighted by atomic mass is 10.4. The highest BCUT2D eigenvalue weighted by atomic mass is 32.1. The van der Waals surface area contributed by atoms with E-state index >= 15 is 0 Å². The van der Waals surface area contributed by atoms with Crippen LogP contribution in [0.15, 0.2) is 16.5 Å². The predicted molar refractivity (Wildman–Crippen MR) is 73.6 cm³/mol. The standard InChI is InChI=1S/C13H16N2O3S/c1-4-17-12(16)11-9(3)19-13(15-11)14-7-10-6-5-8(2)18-10/h5-6H,4,7H2,1-3H3,(H,14,15). The summed E-state index contributed by atoms with van der Waals surface area (Å²) in [5, 5.41) is 3.83. The van der Waals surface area contributed by atoms with Crippen LogP contribution in [-0.4, -0.2) is 17.6 Å². The number of nitrogens with zero attached hydrogens (tertiary/aromatic N) is 1. The fourth-order valence-corrected chi connectivity index (χ4v) is 2.40. The number of furan rings is 1. The van der Waals surface area contributed by atoms with Gasteiger partial charge in [-0.2, -0.15) is 0 Å². The minimum Gasteiger partial charge on any atom is -0.465 e. The number of hydrogen-bond acceptors (Lipinski definition) is 6. The summed E-state index contributed by atoms with van der Waals surface area (Å²) >= 11 is 1.43. The molecule has 2 heterocycles. The van der Waals surface area contributed by atoms with Gasteiger partial charge in [0.1, 0.15) is 11.5 Å². The Morgan fingerprint density at radius 3 is 2.89 bits per heavy atom. The van der Waals surface area contributed by atoms with Gasteiger partial charge in [-0.3, -0.25) is 0 Å². The summed E-state index contributed by atoms with van der Waals surface area (Å²) in [6.45, 7) is 6.42. The molecule has 5 nitrogen and oxygen atoms in total. The van der Waals surface area contributed by atoms with Crippen LogP contribution in [0, 0.1) is 13.8 Å². The Morgan fingerprint density at radius 1 is 1.47 bits per heavy atom. The van der Waals surface area contributed by atoms with Crippen LogP contribution >= 0.6 is 11.3 Å². The molecule has 1 N–H and O–H groups in total. The molecule has 0 unspecified atom stereocenters. The highest BCUT2D eigenvalue weighted by Crippen LogP contribution is 2.23. The third-order valence-electron chi connectivity index (χ3n) is 2.48. The third kappa shape index (κ3) is 3.35. The van der Waals surface area contributed by atoms with Gasteiger partial charge in [0.2, 0.25) is 0 Å². The van der Waals surface area contributed by atoms with Gasteiger partial charge in [-0.15, -0.1) is 11.3 Å². The summed E-state index contributed by atoms with van der Waals surface area (Å²) in [4.78, 5) is 16.7. The van der Waals surface area contributed by atoms with E-state index in [1.807, 2.05) is 26.0 Å². The number of esters is 1. The van der Waals surface area contributed by atoms with Crippen molar-refractivity contribution in [2.75, 3.05) is 11.9 Å². The molecule has 2 rings (SSSR count). The van der Waals surface area contributed by atoms with E-state index in [0.717, 1.165) is 16.4 Å². The molecule has 0 aromatic carbocycles. The van der Waals surface area contributed by atoms with Gasteiger partial charge in [-0.25, -0.2) is 9.78 Å². The van der Waals surface area contributed by atoms with Crippen LogP contribution < -0.4 is 5.32 Å². The molecule has 2 aromatic rings. The predicted octanol–water partition coefficient (Wildman–Crippen LogP) is 3.14. The maximum absolute atomic E-state index is 11.6. The smallest absolute Gasteiger partial charge is 0.358 e. The first-order valence-electron chi connectivity index (χ1n) is 6.04. The molecule has 0 atom stereocenters. The zero-order valence-electron chi connectivity index (χ0n) is 11.1. The Bertz CT molecular complexity index is 574. The van der Waals surface area contributed by atoms with Crippen molar-refractivity contribution < 1.29 is 13.9 Å². The number of carbonyl (C=O) groups is 1. The van der Waals surface area contributed by atoms with Crippen LogP contribution in [0.3, 0.4) is 0 Å². The average Bonchev–Trinajstić information content (AvgIpc) is 2.93. The van der Waals surface area contributed by atoms with Crippen molar-refractivity contribution in [2.45, 2.75) is 27.3 Å². The first-order valence-corrected chi connectivity index (χ1v) is 6.85. The number of thiazole rings is 1. The van der Waals surface area contributed by atoms with Crippen LogP contribution in [0.1, 0.15) is 33.8 Å². The second-order valence-electron chi connectivity index (χ2n) is 4.01. The van der Waals surface area contributed by atoms with Crippen molar-refractivity contribution in [3.63, 3.8) is 0 Å². The molecule has 0 saturated heterocycles.